The monoisotopic (exact) mass is 112 g/mol. The summed E-state index contributed by atoms with van der Waals surface area (Å²) in [6.45, 7) is 0. The first kappa shape index (κ1) is 4.83. The molecule has 0 bridgehead atoms. The van der Waals surface area contributed by atoms with Gasteiger partial charge in [-0.2, -0.15) is 5.32 Å². The maximum Gasteiger partial charge on any atom is 0.315 e. The van der Waals surface area contributed by atoms with Crippen molar-refractivity contribution in [1.29, 1.82) is 0 Å². The van der Waals surface area contributed by atoms with Crippen LogP contribution in [0, 0.1) is 0 Å². The highest BCUT2D eigenvalue weighted by Crippen LogP contribution is 1.96. The number of carbonyl (C=O) groups is 2. The number of aliphatic hydroxyl groups excluding tert-OH is 1. The minimum Gasteiger partial charge on any atom is -0.503 e. The van der Waals surface area contributed by atoms with Crippen molar-refractivity contribution in [3.05, 3.63) is 11.8 Å². The number of nitrogens with zero attached hydrogens (tertiary/aromatic N) is 1. The summed E-state index contributed by atoms with van der Waals surface area (Å²) in [5, 5.41) is 11.2. The molecule has 8 heavy (non-hydrogen) atoms. The fourth-order valence-corrected chi connectivity index (χ4v) is 0.368. The molecule has 0 aromatic rings. The van der Waals surface area contributed by atoms with Crippen LogP contribution in [-0.2, 0) is 9.59 Å². The van der Waals surface area contributed by atoms with Gasteiger partial charge in [-0.15, -0.1) is 0 Å². The number of hydrogen-bond donors (Lipinski definition) is 1. The molecule has 1 heterocycles. The second kappa shape index (κ2) is 1.33. The van der Waals surface area contributed by atoms with Crippen LogP contribution in [0.3, 0.4) is 0 Å². The van der Waals surface area contributed by atoms with Crippen LogP contribution >= 0.6 is 0 Å². The van der Waals surface area contributed by atoms with E-state index in [2.05, 4.69) is 5.32 Å². The van der Waals surface area contributed by atoms with Crippen LogP contribution in [0.25, 0.3) is 0 Å². The van der Waals surface area contributed by atoms with Gasteiger partial charge in [-0.1, -0.05) is 0 Å². The molecule has 0 aromatic heterocycles. The normalized spacial score (nSPS) is 18.2. The van der Waals surface area contributed by atoms with Crippen LogP contribution in [0.1, 0.15) is 0 Å². The highest BCUT2D eigenvalue weighted by Gasteiger charge is 2.21. The standard InChI is InChI=1S/C4H2NO3/c6-2-1-3(7)5-4(2)8/h1,6H. The first-order valence-corrected chi connectivity index (χ1v) is 1.91. The van der Waals surface area contributed by atoms with E-state index in [0.717, 1.165) is 6.08 Å². The molecule has 1 aliphatic rings. The van der Waals surface area contributed by atoms with Crippen molar-refractivity contribution in [2.24, 2.45) is 0 Å². The van der Waals surface area contributed by atoms with E-state index in [9.17, 15) is 9.59 Å². The van der Waals surface area contributed by atoms with Crippen LogP contribution in [0.2, 0.25) is 0 Å². The predicted octanol–water partition coefficient (Wildman–Crippen LogP) is -0.900. The van der Waals surface area contributed by atoms with Gasteiger partial charge in [0.05, 0.1) is 6.08 Å². The highest BCUT2D eigenvalue weighted by molar-refractivity contribution is 6.14. The SMILES string of the molecule is O=C1C=C(O)C(=O)[N]1. The van der Waals surface area contributed by atoms with E-state index < -0.39 is 17.6 Å². The third-order valence-corrected chi connectivity index (χ3v) is 0.691. The number of amides is 2. The second-order valence-electron chi connectivity index (χ2n) is 1.28. The Morgan fingerprint density at radius 1 is 1.50 bits per heavy atom. The summed E-state index contributed by atoms with van der Waals surface area (Å²) in [6.07, 6.45) is 0.780. The molecule has 0 unspecified atom stereocenters. The van der Waals surface area contributed by atoms with Gasteiger partial charge in [-0.3, -0.25) is 9.59 Å². The Hall–Kier alpha value is -1.32. The lowest BCUT2D eigenvalue weighted by Crippen LogP contribution is -2.13. The second-order valence-corrected chi connectivity index (χ2v) is 1.28. The lowest BCUT2D eigenvalue weighted by molar-refractivity contribution is -0.125. The van der Waals surface area contributed by atoms with Crippen molar-refractivity contribution >= 4 is 11.8 Å². The van der Waals surface area contributed by atoms with Gasteiger partial charge in [0.25, 0.3) is 5.91 Å². The maximum absolute atomic E-state index is 10.1. The molecule has 0 atom stereocenters. The summed E-state index contributed by atoms with van der Waals surface area (Å²) in [7, 11) is 0. The molecule has 1 N–H and O–H groups in total. The highest BCUT2D eigenvalue weighted by atomic mass is 16.3. The summed E-state index contributed by atoms with van der Waals surface area (Å²) in [4.78, 5) is 20.1. The average Bonchev–Trinajstić information content (AvgIpc) is 1.85. The molecule has 4 nitrogen and oxygen atoms in total. The van der Waals surface area contributed by atoms with Crippen molar-refractivity contribution in [2.75, 3.05) is 0 Å². The van der Waals surface area contributed by atoms with Gasteiger partial charge in [-0.05, 0) is 0 Å². The fraction of sp³-hybridized carbons (Fsp3) is 0. The lowest BCUT2D eigenvalue weighted by Gasteiger charge is -1.79. The Labute approximate surface area is 44.8 Å². The summed E-state index contributed by atoms with van der Waals surface area (Å²) in [6, 6.07) is 0. The van der Waals surface area contributed by atoms with Crippen LogP contribution in [0.5, 0.6) is 0 Å². The average molecular weight is 112 g/mol. The maximum atomic E-state index is 10.1. The van der Waals surface area contributed by atoms with Crippen molar-refractivity contribution in [1.82, 2.24) is 5.32 Å². The van der Waals surface area contributed by atoms with Gasteiger partial charge >= 0.3 is 5.91 Å². The van der Waals surface area contributed by atoms with Gasteiger partial charge < -0.3 is 5.11 Å². The van der Waals surface area contributed by atoms with Crippen molar-refractivity contribution in [3.63, 3.8) is 0 Å². The number of rotatable bonds is 0. The van der Waals surface area contributed by atoms with Crippen LogP contribution < -0.4 is 5.32 Å². The molecule has 1 radical (unpaired) electrons. The van der Waals surface area contributed by atoms with E-state index in [1.54, 1.807) is 0 Å². The number of aliphatic hydroxyl groups is 1. The lowest BCUT2D eigenvalue weighted by atomic mass is 10.5. The molecule has 0 aromatic carbocycles. The number of imide groups is 1. The predicted molar refractivity (Wildman–Crippen MR) is 22.9 cm³/mol. The van der Waals surface area contributed by atoms with Crippen LogP contribution in [-0.4, -0.2) is 16.9 Å². The molecular weight excluding hydrogens is 110 g/mol. The van der Waals surface area contributed by atoms with Crippen LogP contribution in [0.15, 0.2) is 11.8 Å². The van der Waals surface area contributed by atoms with Crippen molar-refractivity contribution in [2.45, 2.75) is 0 Å². The summed E-state index contributed by atoms with van der Waals surface area (Å²) >= 11 is 0. The first-order chi connectivity index (χ1) is 3.70. The number of carbonyl (C=O) groups excluding carboxylic acids is 2. The molecule has 0 aliphatic carbocycles. The zero-order valence-corrected chi connectivity index (χ0v) is 3.79. The number of hydrogen-bond acceptors (Lipinski definition) is 3. The first-order valence-electron chi connectivity index (χ1n) is 1.91. The Kier molecular flexibility index (Phi) is 0.802. The molecule has 1 aliphatic heterocycles. The topological polar surface area (TPSA) is 68.5 Å². The fourth-order valence-electron chi connectivity index (χ4n) is 0.368. The van der Waals surface area contributed by atoms with E-state index in [4.69, 9.17) is 5.11 Å². The minimum absolute atomic E-state index is 0.574. The van der Waals surface area contributed by atoms with Gasteiger partial charge in [0.2, 0.25) is 0 Å². The van der Waals surface area contributed by atoms with Gasteiger partial charge in [0.15, 0.2) is 5.76 Å². The molecule has 0 saturated heterocycles. The molecule has 4 heteroatoms. The molecular formula is C4H2NO3. The van der Waals surface area contributed by atoms with Gasteiger partial charge in [-0.25, -0.2) is 0 Å². The van der Waals surface area contributed by atoms with Gasteiger partial charge in [0, 0.05) is 0 Å². The Morgan fingerprint density at radius 2 is 2.12 bits per heavy atom. The van der Waals surface area contributed by atoms with E-state index in [1.165, 1.54) is 0 Å². The summed E-state index contributed by atoms with van der Waals surface area (Å²) in [5.74, 6) is -2.11. The van der Waals surface area contributed by atoms with Crippen LogP contribution in [0.4, 0.5) is 0 Å². The third-order valence-electron chi connectivity index (χ3n) is 0.691. The van der Waals surface area contributed by atoms with E-state index >= 15 is 0 Å². The van der Waals surface area contributed by atoms with E-state index in [1.807, 2.05) is 0 Å². The van der Waals surface area contributed by atoms with E-state index in [0.29, 0.717) is 0 Å². The van der Waals surface area contributed by atoms with Gasteiger partial charge in [0.1, 0.15) is 0 Å². The van der Waals surface area contributed by atoms with Crippen molar-refractivity contribution in [3.8, 4) is 0 Å². The molecule has 0 fully saturated rings. The summed E-state index contributed by atoms with van der Waals surface area (Å²) < 4.78 is 0. The molecule has 1 rings (SSSR count). The Balaban J connectivity index is 2.88. The zero-order chi connectivity index (χ0) is 6.15. The molecule has 41 valence electrons. The molecule has 0 saturated carbocycles. The zero-order valence-electron chi connectivity index (χ0n) is 3.79. The largest absolute Gasteiger partial charge is 0.503 e. The Bertz CT molecular complexity index is 182. The third kappa shape index (κ3) is 0.556. The van der Waals surface area contributed by atoms with E-state index in [-0.39, 0.29) is 0 Å². The smallest absolute Gasteiger partial charge is 0.315 e. The Morgan fingerprint density at radius 3 is 2.25 bits per heavy atom. The van der Waals surface area contributed by atoms with Crippen molar-refractivity contribution < 1.29 is 14.7 Å². The molecule has 0 spiro atoms. The molecule has 2 amide bonds. The summed E-state index contributed by atoms with van der Waals surface area (Å²) in [5.41, 5.74) is 0. The minimum atomic E-state index is -0.852. The quantitative estimate of drug-likeness (QED) is 0.413.